The highest BCUT2D eigenvalue weighted by Gasteiger charge is 2.35. The van der Waals surface area contributed by atoms with Crippen LogP contribution < -0.4 is 5.32 Å². The number of phenolic OH excluding ortho intramolecular Hbond substituents is 2. The van der Waals surface area contributed by atoms with Crippen LogP contribution in [0, 0.1) is 0 Å². The largest absolute Gasteiger partial charge is 0.508 e. The third kappa shape index (κ3) is 3.50. The summed E-state index contributed by atoms with van der Waals surface area (Å²) < 4.78 is 0. The Morgan fingerprint density at radius 2 is 2.05 bits per heavy atom. The summed E-state index contributed by atoms with van der Waals surface area (Å²) in [5.74, 6) is 0.503. The fourth-order valence-corrected chi connectivity index (χ4v) is 3.42. The summed E-state index contributed by atoms with van der Waals surface area (Å²) in [5.41, 5.74) is 0.831. The standard InChI is InChI=1S/C17H26N2O2/c1-12(16-10-15(20)7-8-17(16)21)19(14-5-6-14)11-13-4-2-3-9-18-13/h7-8,10,12-14,18,20-21H,2-6,9,11H2,1H3. The summed E-state index contributed by atoms with van der Waals surface area (Å²) in [4.78, 5) is 2.50. The van der Waals surface area contributed by atoms with Crippen molar-refractivity contribution in [3.63, 3.8) is 0 Å². The average molecular weight is 290 g/mol. The predicted octanol–water partition coefficient (Wildman–Crippen LogP) is 2.77. The minimum Gasteiger partial charge on any atom is -0.508 e. The smallest absolute Gasteiger partial charge is 0.120 e. The van der Waals surface area contributed by atoms with Crippen molar-refractivity contribution >= 4 is 0 Å². The maximum Gasteiger partial charge on any atom is 0.120 e. The van der Waals surface area contributed by atoms with E-state index >= 15 is 0 Å². The predicted molar refractivity (Wildman–Crippen MR) is 83.6 cm³/mol. The fourth-order valence-electron chi connectivity index (χ4n) is 3.42. The van der Waals surface area contributed by atoms with Gasteiger partial charge in [0.25, 0.3) is 0 Å². The number of hydrogen-bond acceptors (Lipinski definition) is 4. The van der Waals surface area contributed by atoms with E-state index in [1.807, 2.05) is 0 Å². The van der Waals surface area contributed by atoms with Gasteiger partial charge >= 0.3 is 0 Å². The molecule has 2 aliphatic rings. The van der Waals surface area contributed by atoms with Gasteiger partial charge in [-0.25, -0.2) is 0 Å². The first-order valence-electron chi connectivity index (χ1n) is 8.16. The second-order valence-electron chi connectivity index (χ2n) is 6.49. The van der Waals surface area contributed by atoms with E-state index in [9.17, 15) is 10.2 Å². The number of nitrogens with one attached hydrogen (secondary N) is 1. The Bertz CT molecular complexity index is 482. The molecule has 0 aromatic heterocycles. The van der Waals surface area contributed by atoms with Crippen LogP contribution in [0.3, 0.4) is 0 Å². The molecular weight excluding hydrogens is 264 g/mol. The molecule has 3 N–H and O–H groups in total. The number of aromatic hydroxyl groups is 2. The van der Waals surface area contributed by atoms with E-state index in [0.29, 0.717) is 12.1 Å². The first-order valence-corrected chi connectivity index (χ1v) is 8.16. The number of rotatable bonds is 5. The second kappa shape index (κ2) is 6.24. The average Bonchev–Trinajstić information content (AvgIpc) is 3.32. The highest BCUT2D eigenvalue weighted by molar-refractivity contribution is 5.40. The van der Waals surface area contributed by atoms with Crippen molar-refractivity contribution in [3.8, 4) is 11.5 Å². The molecule has 1 saturated carbocycles. The lowest BCUT2D eigenvalue weighted by Crippen LogP contribution is -2.45. The molecule has 2 fully saturated rings. The Labute approximate surface area is 126 Å². The van der Waals surface area contributed by atoms with Gasteiger partial charge in [0.05, 0.1) is 0 Å². The molecule has 1 aromatic carbocycles. The molecule has 21 heavy (non-hydrogen) atoms. The summed E-state index contributed by atoms with van der Waals surface area (Å²) in [6, 6.07) is 6.14. The second-order valence-corrected chi connectivity index (χ2v) is 6.49. The number of hydrogen-bond donors (Lipinski definition) is 3. The molecular formula is C17H26N2O2. The van der Waals surface area contributed by atoms with Crippen LogP contribution in [0.1, 0.15) is 50.6 Å². The van der Waals surface area contributed by atoms with E-state index in [0.717, 1.165) is 18.7 Å². The molecule has 2 atom stereocenters. The van der Waals surface area contributed by atoms with Crippen LogP contribution in [-0.2, 0) is 0 Å². The van der Waals surface area contributed by atoms with Crippen molar-refractivity contribution in [2.24, 2.45) is 0 Å². The summed E-state index contributed by atoms with van der Waals surface area (Å²) in [5, 5.41) is 23.4. The van der Waals surface area contributed by atoms with E-state index in [2.05, 4.69) is 17.1 Å². The Morgan fingerprint density at radius 1 is 1.24 bits per heavy atom. The summed E-state index contributed by atoms with van der Waals surface area (Å²) >= 11 is 0. The summed E-state index contributed by atoms with van der Waals surface area (Å²) in [6.45, 7) is 4.28. The van der Waals surface area contributed by atoms with E-state index in [1.54, 1.807) is 12.1 Å². The molecule has 1 saturated heterocycles. The Kier molecular flexibility index (Phi) is 4.36. The van der Waals surface area contributed by atoms with Crippen molar-refractivity contribution in [1.29, 1.82) is 0 Å². The van der Waals surface area contributed by atoms with Crippen LogP contribution in [-0.4, -0.2) is 40.3 Å². The van der Waals surface area contributed by atoms with Gasteiger partial charge in [0.2, 0.25) is 0 Å². The fraction of sp³-hybridized carbons (Fsp3) is 0.647. The van der Waals surface area contributed by atoms with Crippen LogP contribution in [0.15, 0.2) is 18.2 Å². The van der Waals surface area contributed by atoms with Crippen LogP contribution in [0.5, 0.6) is 11.5 Å². The minimum absolute atomic E-state index is 0.133. The number of phenols is 2. The molecule has 116 valence electrons. The normalized spacial score (nSPS) is 24.2. The zero-order chi connectivity index (χ0) is 14.8. The van der Waals surface area contributed by atoms with E-state index < -0.39 is 0 Å². The van der Waals surface area contributed by atoms with E-state index in [-0.39, 0.29) is 17.5 Å². The van der Waals surface area contributed by atoms with Crippen molar-refractivity contribution in [2.75, 3.05) is 13.1 Å². The van der Waals surface area contributed by atoms with Gasteiger partial charge in [0, 0.05) is 30.2 Å². The highest BCUT2D eigenvalue weighted by atomic mass is 16.3. The van der Waals surface area contributed by atoms with E-state index in [1.165, 1.54) is 38.2 Å². The van der Waals surface area contributed by atoms with Crippen molar-refractivity contribution in [1.82, 2.24) is 10.2 Å². The number of benzene rings is 1. The summed E-state index contributed by atoms with van der Waals surface area (Å²) in [7, 11) is 0. The lowest BCUT2D eigenvalue weighted by Gasteiger charge is -2.35. The molecule has 4 heteroatoms. The van der Waals surface area contributed by atoms with Gasteiger partial charge in [-0.1, -0.05) is 6.42 Å². The Hall–Kier alpha value is -1.26. The van der Waals surface area contributed by atoms with Gasteiger partial charge in [-0.2, -0.15) is 0 Å². The van der Waals surface area contributed by atoms with Crippen LogP contribution in [0.4, 0.5) is 0 Å². The van der Waals surface area contributed by atoms with Gasteiger partial charge in [0.1, 0.15) is 11.5 Å². The van der Waals surface area contributed by atoms with Gasteiger partial charge in [-0.15, -0.1) is 0 Å². The topological polar surface area (TPSA) is 55.7 Å². The van der Waals surface area contributed by atoms with Gasteiger partial charge in [-0.05, 0) is 57.4 Å². The minimum atomic E-state index is 0.133. The van der Waals surface area contributed by atoms with Crippen LogP contribution in [0.2, 0.25) is 0 Å². The number of piperidine rings is 1. The summed E-state index contributed by atoms with van der Waals surface area (Å²) in [6.07, 6.45) is 6.32. The monoisotopic (exact) mass is 290 g/mol. The van der Waals surface area contributed by atoms with E-state index in [4.69, 9.17) is 0 Å². The molecule has 1 heterocycles. The molecule has 0 bridgehead atoms. The maximum absolute atomic E-state index is 10.1. The molecule has 1 aliphatic heterocycles. The molecule has 2 unspecified atom stereocenters. The molecule has 1 aliphatic carbocycles. The van der Waals surface area contributed by atoms with Crippen LogP contribution >= 0.6 is 0 Å². The zero-order valence-corrected chi connectivity index (χ0v) is 12.8. The third-order valence-electron chi connectivity index (χ3n) is 4.82. The molecule has 1 aromatic rings. The zero-order valence-electron chi connectivity index (χ0n) is 12.8. The highest BCUT2D eigenvalue weighted by Crippen LogP contribution is 2.38. The van der Waals surface area contributed by atoms with Gasteiger partial charge in [0.15, 0.2) is 0 Å². The first kappa shape index (κ1) is 14.7. The maximum atomic E-state index is 10.1. The lowest BCUT2D eigenvalue weighted by atomic mass is 10.0. The quantitative estimate of drug-likeness (QED) is 0.730. The molecule has 3 rings (SSSR count). The van der Waals surface area contributed by atoms with Gasteiger partial charge < -0.3 is 15.5 Å². The lowest BCUT2D eigenvalue weighted by molar-refractivity contribution is 0.164. The van der Waals surface area contributed by atoms with Crippen molar-refractivity contribution in [2.45, 2.75) is 57.2 Å². The Balaban J connectivity index is 1.74. The first-order chi connectivity index (χ1) is 10.1. The van der Waals surface area contributed by atoms with Crippen molar-refractivity contribution in [3.05, 3.63) is 23.8 Å². The van der Waals surface area contributed by atoms with Crippen LogP contribution in [0.25, 0.3) is 0 Å². The molecule has 0 radical (unpaired) electrons. The Morgan fingerprint density at radius 3 is 2.71 bits per heavy atom. The molecule has 4 nitrogen and oxygen atoms in total. The third-order valence-corrected chi connectivity index (χ3v) is 4.82. The SMILES string of the molecule is CC(c1cc(O)ccc1O)N(CC1CCCCN1)C1CC1. The molecule has 0 amide bonds. The van der Waals surface area contributed by atoms with Crippen molar-refractivity contribution < 1.29 is 10.2 Å². The number of nitrogens with zero attached hydrogens (tertiary/aromatic N) is 1. The van der Waals surface area contributed by atoms with Gasteiger partial charge in [-0.3, -0.25) is 4.90 Å². The molecule has 0 spiro atoms.